The summed E-state index contributed by atoms with van der Waals surface area (Å²) in [5.74, 6) is -1.18. The highest BCUT2D eigenvalue weighted by Gasteiger charge is 2.17. The molecule has 0 saturated heterocycles. The Kier molecular flexibility index (Phi) is 6.82. The van der Waals surface area contributed by atoms with E-state index in [-0.39, 0.29) is 16.3 Å². The van der Waals surface area contributed by atoms with Gasteiger partial charge in [-0.05, 0) is 46.3 Å². The van der Waals surface area contributed by atoms with E-state index in [0.29, 0.717) is 16.0 Å². The summed E-state index contributed by atoms with van der Waals surface area (Å²) in [6.45, 7) is -0.533. The standard InChI is InChI=1S/C17H14BrClFNO5/c1-24-13-5-9(6-14(25-2)16(13)18)17(23)26-8-15(22)21-10-3-4-12(20)11(19)7-10/h3-7H,8H2,1-2H3,(H,21,22). The van der Waals surface area contributed by atoms with E-state index in [1.54, 1.807) is 0 Å². The Balaban J connectivity index is 2.01. The molecule has 2 rings (SSSR count). The number of ether oxygens (including phenoxy) is 3. The number of benzene rings is 2. The van der Waals surface area contributed by atoms with E-state index < -0.39 is 24.3 Å². The first-order valence-electron chi connectivity index (χ1n) is 7.19. The van der Waals surface area contributed by atoms with Gasteiger partial charge in [0.1, 0.15) is 21.8 Å². The fourth-order valence-electron chi connectivity index (χ4n) is 1.97. The maximum Gasteiger partial charge on any atom is 0.338 e. The molecule has 0 aliphatic heterocycles. The summed E-state index contributed by atoms with van der Waals surface area (Å²) in [6.07, 6.45) is 0. The summed E-state index contributed by atoms with van der Waals surface area (Å²) < 4.78 is 28.9. The van der Waals surface area contributed by atoms with Crippen molar-refractivity contribution in [1.29, 1.82) is 0 Å². The molecule has 0 atom stereocenters. The number of carbonyl (C=O) groups is 2. The third-order valence-corrected chi connectivity index (χ3v) is 4.29. The number of hydrogen-bond acceptors (Lipinski definition) is 5. The van der Waals surface area contributed by atoms with Gasteiger partial charge in [-0.3, -0.25) is 4.79 Å². The molecule has 0 aliphatic carbocycles. The molecule has 0 heterocycles. The molecule has 0 spiro atoms. The third-order valence-electron chi connectivity index (χ3n) is 3.22. The van der Waals surface area contributed by atoms with E-state index in [9.17, 15) is 14.0 Å². The van der Waals surface area contributed by atoms with Crippen molar-refractivity contribution < 1.29 is 28.2 Å². The van der Waals surface area contributed by atoms with Gasteiger partial charge in [-0.25, -0.2) is 9.18 Å². The van der Waals surface area contributed by atoms with Crippen LogP contribution in [-0.4, -0.2) is 32.7 Å². The van der Waals surface area contributed by atoms with E-state index >= 15 is 0 Å². The summed E-state index contributed by atoms with van der Waals surface area (Å²) in [4.78, 5) is 24.0. The van der Waals surface area contributed by atoms with Crippen LogP contribution in [0.25, 0.3) is 0 Å². The van der Waals surface area contributed by atoms with E-state index in [1.807, 2.05) is 0 Å². The Bertz CT molecular complexity index is 821. The normalized spacial score (nSPS) is 10.2. The highest BCUT2D eigenvalue weighted by molar-refractivity contribution is 9.10. The average molecular weight is 447 g/mol. The second-order valence-electron chi connectivity index (χ2n) is 4.95. The maximum absolute atomic E-state index is 13.1. The number of halogens is 3. The van der Waals surface area contributed by atoms with Crippen molar-refractivity contribution in [2.24, 2.45) is 0 Å². The molecule has 2 aromatic carbocycles. The van der Waals surface area contributed by atoms with Crippen LogP contribution in [0.4, 0.5) is 10.1 Å². The lowest BCUT2D eigenvalue weighted by molar-refractivity contribution is -0.119. The van der Waals surface area contributed by atoms with Crippen LogP contribution in [-0.2, 0) is 9.53 Å². The number of carbonyl (C=O) groups excluding carboxylic acids is 2. The topological polar surface area (TPSA) is 73.9 Å². The fourth-order valence-corrected chi connectivity index (χ4v) is 2.71. The molecule has 0 aromatic heterocycles. The summed E-state index contributed by atoms with van der Waals surface area (Å²) in [5, 5.41) is 2.32. The summed E-state index contributed by atoms with van der Waals surface area (Å²) in [5.41, 5.74) is 0.434. The van der Waals surface area contributed by atoms with Crippen molar-refractivity contribution in [1.82, 2.24) is 0 Å². The molecule has 9 heteroatoms. The summed E-state index contributed by atoms with van der Waals surface area (Å²) >= 11 is 8.93. The minimum atomic E-state index is -0.735. The number of esters is 1. The lowest BCUT2D eigenvalue weighted by Gasteiger charge is -2.11. The quantitative estimate of drug-likeness (QED) is 0.678. The summed E-state index contributed by atoms with van der Waals surface area (Å²) in [7, 11) is 2.88. The van der Waals surface area contributed by atoms with Crippen LogP contribution in [0.1, 0.15) is 10.4 Å². The van der Waals surface area contributed by atoms with Crippen molar-refractivity contribution in [3.8, 4) is 11.5 Å². The Morgan fingerprint density at radius 1 is 1.15 bits per heavy atom. The van der Waals surface area contributed by atoms with Crippen molar-refractivity contribution in [3.63, 3.8) is 0 Å². The number of hydrogen-bond donors (Lipinski definition) is 1. The monoisotopic (exact) mass is 445 g/mol. The summed E-state index contributed by atoms with van der Waals surface area (Å²) in [6, 6.07) is 6.61. The highest BCUT2D eigenvalue weighted by atomic mass is 79.9. The van der Waals surface area contributed by atoms with Crippen LogP contribution in [0.2, 0.25) is 5.02 Å². The second kappa shape index (κ2) is 8.86. The molecule has 6 nitrogen and oxygen atoms in total. The van der Waals surface area contributed by atoms with Gasteiger partial charge in [0, 0.05) is 5.69 Å². The number of amides is 1. The number of methoxy groups -OCH3 is 2. The Morgan fingerprint density at radius 3 is 2.31 bits per heavy atom. The molecular formula is C17H14BrClFNO5. The van der Waals surface area contributed by atoms with Gasteiger partial charge in [0.15, 0.2) is 6.61 Å². The molecule has 0 saturated carbocycles. The maximum atomic E-state index is 13.1. The van der Waals surface area contributed by atoms with E-state index in [0.717, 1.165) is 6.07 Å². The minimum Gasteiger partial charge on any atom is -0.495 e. The molecule has 1 amide bonds. The van der Waals surface area contributed by atoms with Gasteiger partial charge >= 0.3 is 5.97 Å². The lowest BCUT2D eigenvalue weighted by Crippen LogP contribution is -2.21. The molecule has 0 radical (unpaired) electrons. The van der Waals surface area contributed by atoms with E-state index in [4.69, 9.17) is 25.8 Å². The zero-order valence-electron chi connectivity index (χ0n) is 13.8. The second-order valence-corrected chi connectivity index (χ2v) is 6.15. The van der Waals surface area contributed by atoms with Crippen molar-refractivity contribution in [2.75, 3.05) is 26.1 Å². The van der Waals surface area contributed by atoms with Gasteiger partial charge in [-0.1, -0.05) is 11.6 Å². The number of nitrogens with one attached hydrogen (secondary N) is 1. The van der Waals surface area contributed by atoms with Gasteiger partial charge in [0.05, 0.1) is 24.8 Å². The third kappa shape index (κ3) is 4.86. The Labute approximate surface area is 162 Å². The first-order chi connectivity index (χ1) is 12.3. The first kappa shape index (κ1) is 20.0. The molecule has 1 N–H and O–H groups in total. The van der Waals surface area contributed by atoms with Crippen LogP contribution in [0.3, 0.4) is 0 Å². The molecule has 0 unspecified atom stereocenters. The zero-order chi connectivity index (χ0) is 19.3. The van der Waals surface area contributed by atoms with Gasteiger partial charge in [0.2, 0.25) is 0 Å². The molecule has 26 heavy (non-hydrogen) atoms. The Hall–Kier alpha value is -2.32. The molecular weight excluding hydrogens is 433 g/mol. The zero-order valence-corrected chi connectivity index (χ0v) is 16.1. The first-order valence-corrected chi connectivity index (χ1v) is 8.36. The average Bonchev–Trinajstić information content (AvgIpc) is 2.63. The van der Waals surface area contributed by atoms with Crippen LogP contribution >= 0.6 is 27.5 Å². The van der Waals surface area contributed by atoms with Gasteiger partial charge in [-0.15, -0.1) is 0 Å². The van der Waals surface area contributed by atoms with Crippen LogP contribution in [0.5, 0.6) is 11.5 Å². The van der Waals surface area contributed by atoms with Crippen LogP contribution in [0, 0.1) is 5.82 Å². The highest BCUT2D eigenvalue weighted by Crippen LogP contribution is 2.35. The van der Waals surface area contributed by atoms with Crippen LogP contribution in [0.15, 0.2) is 34.8 Å². The predicted octanol–water partition coefficient (Wildman–Crippen LogP) is 4.05. The SMILES string of the molecule is COc1cc(C(=O)OCC(=O)Nc2ccc(F)c(Cl)c2)cc(OC)c1Br. The molecule has 0 bridgehead atoms. The van der Waals surface area contributed by atoms with Gasteiger partial charge < -0.3 is 19.5 Å². The molecule has 2 aromatic rings. The predicted molar refractivity (Wildman–Crippen MR) is 97.6 cm³/mol. The largest absolute Gasteiger partial charge is 0.495 e. The number of rotatable bonds is 6. The van der Waals surface area contributed by atoms with E-state index in [1.165, 1.54) is 38.5 Å². The Morgan fingerprint density at radius 2 is 1.77 bits per heavy atom. The van der Waals surface area contributed by atoms with Crippen molar-refractivity contribution >= 4 is 45.1 Å². The lowest BCUT2D eigenvalue weighted by atomic mass is 10.2. The number of anilines is 1. The molecule has 138 valence electrons. The minimum absolute atomic E-state index is 0.131. The molecule has 0 fully saturated rings. The molecule has 0 aliphatic rings. The smallest absolute Gasteiger partial charge is 0.338 e. The van der Waals surface area contributed by atoms with Gasteiger partial charge in [0.25, 0.3) is 5.91 Å². The fraction of sp³-hybridized carbons (Fsp3) is 0.176. The van der Waals surface area contributed by atoms with Crippen molar-refractivity contribution in [3.05, 3.63) is 51.2 Å². The van der Waals surface area contributed by atoms with Crippen molar-refractivity contribution in [2.45, 2.75) is 0 Å². The van der Waals surface area contributed by atoms with Gasteiger partial charge in [-0.2, -0.15) is 0 Å². The van der Waals surface area contributed by atoms with E-state index in [2.05, 4.69) is 21.2 Å². The van der Waals surface area contributed by atoms with Crippen LogP contribution < -0.4 is 14.8 Å².